The molecule has 3 N–H and O–H groups in total. The van der Waals surface area contributed by atoms with E-state index in [0.29, 0.717) is 30.8 Å². The Bertz CT molecular complexity index is 740. The van der Waals surface area contributed by atoms with Crippen molar-refractivity contribution in [2.24, 2.45) is 11.1 Å². The van der Waals surface area contributed by atoms with E-state index >= 15 is 0 Å². The lowest BCUT2D eigenvalue weighted by atomic mass is 9.77. The highest BCUT2D eigenvalue weighted by Crippen LogP contribution is 2.34. The van der Waals surface area contributed by atoms with Crippen LogP contribution in [0.3, 0.4) is 0 Å². The summed E-state index contributed by atoms with van der Waals surface area (Å²) < 4.78 is 0. The molecular weight excluding hydrogens is 304 g/mol. The zero-order chi connectivity index (χ0) is 17.2. The van der Waals surface area contributed by atoms with Gasteiger partial charge in [-0.3, -0.25) is 14.7 Å². The van der Waals surface area contributed by atoms with Gasteiger partial charge in [-0.1, -0.05) is 37.3 Å². The number of benzene rings is 1. The second-order valence-corrected chi connectivity index (χ2v) is 6.35. The molecule has 1 aliphatic heterocycles. The van der Waals surface area contributed by atoms with E-state index < -0.39 is 5.41 Å². The predicted molar refractivity (Wildman–Crippen MR) is 91.1 cm³/mol. The zero-order valence-corrected chi connectivity index (χ0v) is 13.8. The number of hydrogen-bond donors (Lipinski definition) is 2. The first-order valence-electron chi connectivity index (χ1n) is 8.25. The van der Waals surface area contributed by atoms with Gasteiger partial charge < -0.3 is 10.6 Å². The van der Waals surface area contributed by atoms with E-state index in [1.165, 1.54) is 0 Å². The average molecular weight is 326 g/mol. The summed E-state index contributed by atoms with van der Waals surface area (Å²) >= 11 is 0. The number of piperidine rings is 1. The normalized spacial score (nSPS) is 20.8. The lowest BCUT2D eigenvalue weighted by molar-refractivity contribution is -0.130. The summed E-state index contributed by atoms with van der Waals surface area (Å²) in [6.45, 7) is 2.95. The molecule has 6 heteroatoms. The van der Waals surface area contributed by atoms with Crippen LogP contribution in [0.2, 0.25) is 0 Å². The third kappa shape index (κ3) is 2.79. The van der Waals surface area contributed by atoms with Gasteiger partial charge in [-0.15, -0.1) is 0 Å². The van der Waals surface area contributed by atoms with Crippen molar-refractivity contribution >= 4 is 11.8 Å². The standard InChI is InChI=1S/C18H22N4O2/c1-2-18(17(19)24)9-6-10-22(12-18)16(23)14-11-20-21-15(14)13-7-4-3-5-8-13/h3-5,7-8,11H,2,6,9-10,12H2,1H3,(H2,19,24)(H,20,21). The second kappa shape index (κ2) is 6.47. The molecular formula is C18H22N4O2. The first-order chi connectivity index (χ1) is 11.6. The predicted octanol–water partition coefficient (Wildman–Crippen LogP) is 2.19. The first kappa shape index (κ1) is 16.2. The minimum atomic E-state index is -0.620. The molecule has 1 unspecified atom stereocenters. The van der Waals surface area contributed by atoms with Crippen molar-refractivity contribution < 1.29 is 9.59 Å². The number of rotatable bonds is 4. The van der Waals surface area contributed by atoms with E-state index in [0.717, 1.165) is 18.4 Å². The highest BCUT2D eigenvalue weighted by molar-refractivity contribution is 6.00. The number of amides is 2. The van der Waals surface area contributed by atoms with Crippen LogP contribution in [0.4, 0.5) is 0 Å². The second-order valence-electron chi connectivity index (χ2n) is 6.35. The Morgan fingerprint density at radius 3 is 2.75 bits per heavy atom. The maximum Gasteiger partial charge on any atom is 0.257 e. The Labute approximate surface area is 141 Å². The SMILES string of the molecule is CCC1(C(N)=O)CCCN(C(=O)c2cn[nH]c2-c2ccccc2)C1. The van der Waals surface area contributed by atoms with Crippen LogP contribution in [0.25, 0.3) is 11.3 Å². The summed E-state index contributed by atoms with van der Waals surface area (Å²) in [6.07, 6.45) is 3.71. The van der Waals surface area contributed by atoms with Gasteiger partial charge in [-0.05, 0) is 19.3 Å². The number of primary amides is 1. The van der Waals surface area contributed by atoms with E-state index in [-0.39, 0.29) is 11.8 Å². The van der Waals surface area contributed by atoms with Gasteiger partial charge in [-0.25, -0.2) is 0 Å². The van der Waals surface area contributed by atoms with E-state index in [9.17, 15) is 9.59 Å². The van der Waals surface area contributed by atoms with Crippen molar-refractivity contribution in [3.8, 4) is 11.3 Å². The molecule has 1 aromatic carbocycles. The van der Waals surface area contributed by atoms with Crippen LogP contribution in [0.15, 0.2) is 36.5 Å². The Hall–Kier alpha value is -2.63. The monoisotopic (exact) mass is 326 g/mol. The number of nitrogens with zero attached hydrogens (tertiary/aromatic N) is 2. The van der Waals surface area contributed by atoms with Crippen LogP contribution in [0.5, 0.6) is 0 Å². The minimum Gasteiger partial charge on any atom is -0.369 e. The van der Waals surface area contributed by atoms with Gasteiger partial charge in [0.15, 0.2) is 0 Å². The number of hydrogen-bond acceptors (Lipinski definition) is 3. The van der Waals surface area contributed by atoms with Gasteiger partial charge in [0.05, 0.1) is 22.9 Å². The highest BCUT2D eigenvalue weighted by atomic mass is 16.2. The van der Waals surface area contributed by atoms with Crippen molar-refractivity contribution in [3.05, 3.63) is 42.1 Å². The molecule has 0 bridgehead atoms. The number of carbonyl (C=O) groups excluding carboxylic acids is 2. The Morgan fingerprint density at radius 1 is 1.33 bits per heavy atom. The molecule has 24 heavy (non-hydrogen) atoms. The summed E-state index contributed by atoms with van der Waals surface area (Å²) in [7, 11) is 0. The molecule has 1 saturated heterocycles. The maximum atomic E-state index is 13.0. The van der Waals surface area contributed by atoms with Gasteiger partial charge in [0, 0.05) is 18.7 Å². The fraction of sp³-hybridized carbons (Fsp3) is 0.389. The van der Waals surface area contributed by atoms with E-state index in [4.69, 9.17) is 5.73 Å². The Balaban J connectivity index is 1.88. The molecule has 1 atom stereocenters. The van der Waals surface area contributed by atoms with Gasteiger partial charge in [0.2, 0.25) is 5.91 Å². The number of aromatic amines is 1. The molecule has 0 aliphatic carbocycles. The molecule has 1 fully saturated rings. The van der Waals surface area contributed by atoms with Crippen LogP contribution in [0.1, 0.15) is 36.5 Å². The number of aromatic nitrogens is 2. The van der Waals surface area contributed by atoms with Crippen LogP contribution < -0.4 is 5.73 Å². The van der Waals surface area contributed by atoms with Crippen LogP contribution in [-0.2, 0) is 4.79 Å². The number of likely N-dealkylation sites (tertiary alicyclic amines) is 1. The molecule has 126 valence electrons. The van der Waals surface area contributed by atoms with Crippen molar-refractivity contribution in [2.75, 3.05) is 13.1 Å². The van der Waals surface area contributed by atoms with E-state index in [2.05, 4.69) is 10.2 Å². The molecule has 2 heterocycles. The van der Waals surface area contributed by atoms with Crippen LogP contribution >= 0.6 is 0 Å². The molecule has 0 radical (unpaired) electrons. The quantitative estimate of drug-likeness (QED) is 0.902. The zero-order valence-electron chi connectivity index (χ0n) is 13.8. The van der Waals surface area contributed by atoms with Crippen molar-refractivity contribution in [1.29, 1.82) is 0 Å². The lowest BCUT2D eigenvalue weighted by Crippen LogP contribution is -2.51. The lowest BCUT2D eigenvalue weighted by Gasteiger charge is -2.40. The Kier molecular flexibility index (Phi) is 4.38. The molecule has 1 aliphatic rings. The summed E-state index contributed by atoms with van der Waals surface area (Å²) in [5, 5.41) is 6.95. The highest BCUT2D eigenvalue weighted by Gasteiger charge is 2.41. The van der Waals surface area contributed by atoms with E-state index in [1.54, 1.807) is 11.1 Å². The Morgan fingerprint density at radius 2 is 2.08 bits per heavy atom. The van der Waals surface area contributed by atoms with Crippen molar-refractivity contribution in [1.82, 2.24) is 15.1 Å². The number of carbonyl (C=O) groups is 2. The molecule has 6 nitrogen and oxygen atoms in total. The third-order valence-corrected chi connectivity index (χ3v) is 5.00. The first-order valence-corrected chi connectivity index (χ1v) is 8.25. The van der Waals surface area contributed by atoms with Gasteiger partial charge in [0.1, 0.15) is 0 Å². The third-order valence-electron chi connectivity index (χ3n) is 5.00. The topological polar surface area (TPSA) is 92.1 Å². The molecule has 1 aromatic heterocycles. The van der Waals surface area contributed by atoms with Gasteiger partial charge in [-0.2, -0.15) is 5.10 Å². The average Bonchev–Trinajstić information content (AvgIpc) is 3.11. The largest absolute Gasteiger partial charge is 0.369 e. The smallest absolute Gasteiger partial charge is 0.257 e. The number of nitrogens with two attached hydrogens (primary N) is 1. The summed E-state index contributed by atoms with van der Waals surface area (Å²) in [6, 6.07) is 9.62. The molecule has 3 rings (SSSR count). The van der Waals surface area contributed by atoms with Gasteiger partial charge >= 0.3 is 0 Å². The van der Waals surface area contributed by atoms with Crippen molar-refractivity contribution in [2.45, 2.75) is 26.2 Å². The summed E-state index contributed by atoms with van der Waals surface area (Å²) in [5.41, 5.74) is 7.13. The summed E-state index contributed by atoms with van der Waals surface area (Å²) in [4.78, 5) is 26.6. The van der Waals surface area contributed by atoms with Crippen LogP contribution in [-0.4, -0.2) is 40.0 Å². The minimum absolute atomic E-state index is 0.110. The number of nitrogens with one attached hydrogen (secondary N) is 1. The molecule has 2 aromatic rings. The number of H-pyrrole nitrogens is 1. The van der Waals surface area contributed by atoms with Gasteiger partial charge in [0.25, 0.3) is 5.91 Å². The molecule has 0 saturated carbocycles. The van der Waals surface area contributed by atoms with Crippen molar-refractivity contribution in [3.63, 3.8) is 0 Å². The molecule has 2 amide bonds. The fourth-order valence-corrected chi connectivity index (χ4v) is 3.41. The van der Waals surface area contributed by atoms with E-state index in [1.807, 2.05) is 37.3 Å². The summed E-state index contributed by atoms with van der Waals surface area (Å²) in [5.74, 6) is -0.431. The fourth-order valence-electron chi connectivity index (χ4n) is 3.41. The maximum absolute atomic E-state index is 13.0. The molecule has 0 spiro atoms. The van der Waals surface area contributed by atoms with Crippen LogP contribution in [0, 0.1) is 5.41 Å².